The van der Waals surface area contributed by atoms with Crippen molar-refractivity contribution in [1.29, 1.82) is 0 Å². The van der Waals surface area contributed by atoms with Crippen molar-refractivity contribution in [2.75, 3.05) is 14.2 Å². The molecule has 0 fully saturated rings. The van der Waals surface area contributed by atoms with Crippen LogP contribution in [0, 0.1) is 0 Å². The van der Waals surface area contributed by atoms with E-state index in [0.717, 1.165) is 10.5 Å². The quantitative estimate of drug-likeness (QED) is 0.820. The summed E-state index contributed by atoms with van der Waals surface area (Å²) < 4.78 is 9.64. The molecule has 0 aromatic heterocycles. The van der Waals surface area contributed by atoms with Crippen molar-refractivity contribution in [3.05, 3.63) is 35.9 Å². The van der Waals surface area contributed by atoms with E-state index in [0.29, 0.717) is 0 Å². The molecule has 1 N–H and O–H groups in total. The number of hydrogen-bond acceptors (Lipinski definition) is 5. The lowest BCUT2D eigenvalue weighted by atomic mass is 10.1. The number of nitrogens with zero attached hydrogens (tertiary/aromatic N) is 1. The molecule has 2 unspecified atom stereocenters. The molecule has 0 bridgehead atoms. The van der Waals surface area contributed by atoms with E-state index < -0.39 is 24.2 Å². The summed E-state index contributed by atoms with van der Waals surface area (Å²) in [6.45, 7) is 1.50. The average Bonchev–Trinajstić information content (AvgIpc) is 2.45. The SMILES string of the molecule is COC(=O)C(C(C)O)N(C)C(=O)OCc1ccccc1. The molecule has 0 aliphatic heterocycles. The van der Waals surface area contributed by atoms with Gasteiger partial charge in [0.1, 0.15) is 6.61 Å². The number of benzene rings is 1. The zero-order valence-corrected chi connectivity index (χ0v) is 11.8. The smallest absolute Gasteiger partial charge is 0.410 e. The van der Waals surface area contributed by atoms with Gasteiger partial charge in [-0.15, -0.1) is 0 Å². The van der Waals surface area contributed by atoms with Gasteiger partial charge in [0.05, 0.1) is 13.2 Å². The van der Waals surface area contributed by atoms with Crippen molar-refractivity contribution in [3.8, 4) is 0 Å². The van der Waals surface area contributed by atoms with E-state index in [1.54, 1.807) is 0 Å². The van der Waals surface area contributed by atoms with Gasteiger partial charge in [-0.3, -0.25) is 4.90 Å². The molecule has 0 heterocycles. The summed E-state index contributed by atoms with van der Waals surface area (Å²) in [7, 11) is 2.57. The van der Waals surface area contributed by atoms with Crippen LogP contribution in [0.25, 0.3) is 0 Å². The lowest BCUT2D eigenvalue weighted by molar-refractivity contribution is -0.149. The monoisotopic (exact) mass is 281 g/mol. The number of carbonyl (C=O) groups is 2. The Morgan fingerprint density at radius 1 is 1.30 bits per heavy atom. The van der Waals surface area contributed by atoms with Gasteiger partial charge < -0.3 is 14.6 Å². The van der Waals surface area contributed by atoms with Gasteiger partial charge in [-0.1, -0.05) is 30.3 Å². The van der Waals surface area contributed by atoms with E-state index in [9.17, 15) is 14.7 Å². The Morgan fingerprint density at radius 3 is 2.40 bits per heavy atom. The maximum atomic E-state index is 11.9. The standard InChI is InChI=1S/C14H19NO5/c1-10(16)12(13(17)19-3)15(2)14(18)20-9-11-7-5-4-6-8-11/h4-8,10,12,16H,9H2,1-3H3. The summed E-state index contributed by atoms with van der Waals surface area (Å²) in [6.07, 6.45) is -1.76. The molecule has 1 aromatic rings. The summed E-state index contributed by atoms with van der Waals surface area (Å²) in [6, 6.07) is 8.07. The van der Waals surface area contributed by atoms with E-state index in [4.69, 9.17) is 4.74 Å². The van der Waals surface area contributed by atoms with Crippen molar-refractivity contribution < 1.29 is 24.2 Å². The van der Waals surface area contributed by atoms with Crippen LogP contribution in [-0.4, -0.2) is 48.4 Å². The van der Waals surface area contributed by atoms with Crippen LogP contribution < -0.4 is 0 Å². The molecule has 0 saturated heterocycles. The number of rotatable bonds is 5. The number of amides is 1. The van der Waals surface area contributed by atoms with Crippen LogP contribution in [0.2, 0.25) is 0 Å². The number of aliphatic hydroxyl groups excluding tert-OH is 1. The molecule has 2 atom stereocenters. The number of methoxy groups -OCH3 is 1. The molecule has 0 aliphatic carbocycles. The number of hydrogen-bond donors (Lipinski definition) is 1. The maximum Gasteiger partial charge on any atom is 0.410 e. The third-order valence-electron chi connectivity index (χ3n) is 2.81. The van der Waals surface area contributed by atoms with Crippen LogP contribution in [0.4, 0.5) is 4.79 Å². The van der Waals surface area contributed by atoms with Gasteiger partial charge in [-0.2, -0.15) is 0 Å². The molecular weight excluding hydrogens is 262 g/mol. The largest absolute Gasteiger partial charge is 0.467 e. The molecular formula is C14H19NO5. The molecule has 1 amide bonds. The molecule has 20 heavy (non-hydrogen) atoms. The number of ether oxygens (including phenoxy) is 2. The van der Waals surface area contributed by atoms with Gasteiger partial charge in [0.25, 0.3) is 0 Å². The van der Waals surface area contributed by atoms with E-state index >= 15 is 0 Å². The molecule has 0 aliphatic rings. The predicted octanol–water partition coefficient (Wildman–Crippen LogP) is 1.18. The zero-order valence-electron chi connectivity index (χ0n) is 11.8. The third-order valence-corrected chi connectivity index (χ3v) is 2.81. The second-order valence-electron chi connectivity index (χ2n) is 4.36. The fourth-order valence-electron chi connectivity index (χ4n) is 1.73. The van der Waals surface area contributed by atoms with Crippen LogP contribution in [0.3, 0.4) is 0 Å². The molecule has 0 spiro atoms. The average molecular weight is 281 g/mol. The maximum absolute atomic E-state index is 11.9. The van der Waals surface area contributed by atoms with Gasteiger partial charge in [0, 0.05) is 7.05 Å². The predicted molar refractivity (Wildman–Crippen MR) is 71.9 cm³/mol. The lowest BCUT2D eigenvalue weighted by Crippen LogP contribution is -2.49. The summed E-state index contributed by atoms with van der Waals surface area (Å²) >= 11 is 0. The van der Waals surface area contributed by atoms with E-state index in [1.807, 2.05) is 30.3 Å². The molecule has 0 saturated carbocycles. The Labute approximate surface area is 117 Å². The summed E-state index contributed by atoms with van der Waals surface area (Å²) in [5.41, 5.74) is 0.834. The number of esters is 1. The highest BCUT2D eigenvalue weighted by Crippen LogP contribution is 2.09. The minimum atomic E-state index is -1.09. The van der Waals surface area contributed by atoms with Crippen molar-refractivity contribution in [3.63, 3.8) is 0 Å². The summed E-state index contributed by atoms with van der Waals surface area (Å²) in [4.78, 5) is 24.4. The van der Waals surface area contributed by atoms with Gasteiger partial charge in [-0.05, 0) is 12.5 Å². The Balaban J connectivity index is 2.63. The highest BCUT2D eigenvalue weighted by molar-refractivity contribution is 5.81. The first-order chi connectivity index (χ1) is 9.47. The number of carbonyl (C=O) groups excluding carboxylic acids is 2. The molecule has 1 aromatic carbocycles. The van der Waals surface area contributed by atoms with Crippen molar-refractivity contribution in [2.24, 2.45) is 0 Å². The first-order valence-corrected chi connectivity index (χ1v) is 6.16. The first-order valence-electron chi connectivity index (χ1n) is 6.16. The highest BCUT2D eigenvalue weighted by Gasteiger charge is 2.32. The molecule has 110 valence electrons. The normalized spacial score (nSPS) is 13.2. The number of aliphatic hydroxyl groups is 1. The van der Waals surface area contributed by atoms with Gasteiger partial charge in [0.2, 0.25) is 0 Å². The lowest BCUT2D eigenvalue weighted by Gasteiger charge is -2.27. The topological polar surface area (TPSA) is 76.1 Å². The Bertz CT molecular complexity index is 446. The minimum Gasteiger partial charge on any atom is -0.467 e. The van der Waals surface area contributed by atoms with Crippen LogP contribution in [0.1, 0.15) is 12.5 Å². The number of likely N-dealkylation sites (N-methyl/N-ethyl adjacent to an activating group) is 1. The van der Waals surface area contributed by atoms with Crippen LogP contribution >= 0.6 is 0 Å². The van der Waals surface area contributed by atoms with Gasteiger partial charge >= 0.3 is 12.1 Å². The van der Waals surface area contributed by atoms with Crippen LogP contribution in [0.15, 0.2) is 30.3 Å². The fraction of sp³-hybridized carbons (Fsp3) is 0.429. The second kappa shape index (κ2) is 7.49. The van der Waals surface area contributed by atoms with E-state index in [2.05, 4.69) is 4.74 Å². The van der Waals surface area contributed by atoms with E-state index in [1.165, 1.54) is 21.1 Å². The van der Waals surface area contributed by atoms with Crippen molar-refractivity contribution >= 4 is 12.1 Å². The molecule has 6 heteroatoms. The Hall–Kier alpha value is -2.08. The molecule has 0 radical (unpaired) electrons. The van der Waals surface area contributed by atoms with Gasteiger partial charge in [-0.25, -0.2) is 9.59 Å². The van der Waals surface area contributed by atoms with Crippen molar-refractivity contribution in [2.45, 2.75) is 25.7 Å². The Morgan fingerprint density at radius 2 is 1.90 bits per heavy atom. The minimum absolute atomic E-state index is 0.0950. The zero-order chi connectivity index (χ0) is 15.1. The van der Waals surface area contributed by atoms with Crippen molar-refractivity contribution in [1.82, 2.24) is 4.90 Å². The Kier molecular flexibility index (Phi) is 5.99. The fourth-order valence-corrected chi connectivity index (χ4v) is 1.73. The second-order valence-corrected chi connectivity index (χ2v) is 4.36. The first kappa shape index (κ1) is 16.0. The molecule has 6 nitrogen and oxygen atoms in total. The summed E-state index contributed by atoms with van der Waals surface area (Å²) in [5.74, 6) is -0.695. The molecule has 1 rings (SSSR count). The van der Waals surface area contributed by atoms with Gasteiger partial charge in [0.15, 0.2) is 6.04 Å². The van der Waals surface area contributed by atoms with Crippen LogP contribution in [0.5, 0.6) is 0 Å². The summed E-state index contributed by atoms with van der Waals surface area (Å²) in [5, 5.41) is 9.57. The van der Waals surface area contributed by atoms with E-state index in [-0.39, 0.29) is 6.61 Å². The third kappa shape index (κ3) is 4.24. The van der Waals surface area contributed by atoms with Crippen LogP contribution in [-0.2, 0) is 20.9 Å². The highest BCUT2D eigenvalue weighted by atomic mass is 16.6.